The number of rotatable bonds is 9. The lowest BCUT2D eigenvalue weighted by Gasteiger charge is -2.26. The van der Waals surface area contributed by atoms with Crippen LogP contribution in [0.1, 0.15) is 29.4 Å². The van der Waals surface area contributed by atoms with Crippen LogP contribution in [-0.2, 0) is 6.42 Å². The quantitative estimate of drug-likeness (QED) is 0.510. The minimum Gasteiger partial charge on any atom is -0.497 e. The van der Waals surface area contributed by atoms with E-state index in [1.54, 1.807) is 28.4 Å². The maximum absolute atomic E-state index is 9.22. The number of anilines is 1. The molecule has 1 aromatic heterocycles. The van der Waals surface area contributed by atoms with Crippen LogP contribution in [0.3, 0.4) is 0 Å². The third kappa shape index (κ3) is 4.45. The van der Waals surface area contributed by atoms with Crippen LogP contribution in [0.2, 0.25) is 0 Å². The van der Waals surface area contributed by atoms with E-state index in [-0.39, 0.29) is 12.6 Å². The van der Waals surface area contributed by atoms with Gasteiger partial charge in [0.15, 0.2) is 17.3 Å². The molecule has 174 valence electrons. The van der Waals surface area contributed by atoms with E-state index in [9.17, 15) is 5.11 Å². The van der Waals surface area contributed by atoms with E-state index in [1.807, 2.05) is 41.1 Å². The summed E-state index contributed by atoms with van der Waals surface area (Å²) in [4.78, 5) is 4.67. The molecule has 33 heavy (non-hydrogen) atoms. The third-order valence-corrected chi connectivity index (χ3v) is 5.52. The summed E-state index contributed by atoms with van der Waals surface area (Å²) in [6, 6.07) is 11.2. The number of aliphatic hydroxyl groups excluding tert-OH is 1. The molecule has 2 heterocycles. The van der Waals surface area contributed by atoms with Crippen LogP contribution in [0.15, 0.2) is 42.5 Å². The summed E-state index contributed by atoms with van der Waals surface area (Å²) < 4.78 is 23.7. The van der Waals surface area contributed by atoms with E-state index < -0.39 is 0 Å². The van der Waals surface area contributed by atoms with Crippen molar-refractivity contribution in [3.8, 4) is 23.0 Å². The van der Waals surface area contributed by atoms with Gasteiger partial charge < -0.3 is 29.4 Å². The molecule has 0 radical (unpaired) electrons. The van der Waals surface area contributed by atoms with Gasteiger partial charge in [0.1, 0.15) is 17.5 Å². The Labute approximate surface area is 192 Å². The molecule has 0 saturated carbocycles. The minimum atomic E-state index is -0.277. The second kappa shape index (κ2) is 9.83. The van der Waals surface area contributed by atoms with Crippen molar-refractivity contribution in [2.24, 2.45) is 0 Å². The van der Waals surface area contributed by atoms with Gasteiger partial charge in [-0.25, -0.2) is 4.68 Å². The zero-order chi connectivity index (χ0) is 23.4. The lowest BCUT2D eigenvalue weighted by molar-refractivity contribution is 0.287. The summed E-state index contributed by atoms with van der Waals surface area (Å²) in [6.45, 7) is 0.0855. The largest absolute Gasteiger partial charge is 0.497 e. The smallest absolute Gasteiger partial charge is 0.226 e. The number of hydrogen-bond acceptors (Lipinski definition) is 8. The number of aromatic nitrogens is 3. The van der Waals surface area contributed by atoms with Crippen LogP contribution in [0.4, 0.5) is 5.95 Å². The lowest BCUT2D eigenvalue weighted by Crippen LogP contribution is -2.20. The van der Waals surface area contributed by atoms with Gasteiger partial charge in [0.05, 0.1) is 28.4 Å². The molecule has 0 bridgehead atoms. The molecule has 2 aromatic carbocycles. The summed E-state index contributed by atoms with van der Waals surface area (Å²) in [5.41, 5.74) is 2.68. The molecular weight excluding hydrogens is 424 g/mol. The summed E-state index contributed by atoms with van der Waals surface area (Å²) >= 11 is 0. The number of nitrogens with one attached hydrogen (secondary N) is 1. The van der Waals surface area contributed by atoms with Gasteiger partial charge in [-0.05, 0) is 42.8 Å². The molecule has 0 amide bonds. The Hall–Kier alpha value is -3.72. The average Bonchev–Trinajstić information content (AvgIpc) is 3.28. The number of benzene rings is 2. The van der Waals surface area contributed by atoms with Gasteiger partial charge in [0.25, 0.3) is 0 Å². The zero-order valence-electron chi connectivity index (χ0n) is 19.2. The van der Waals surface area contributed by atoms with Crippen molar-refractivity contribution < 1.29 is 24.1 Å². The maximum atomic E-state index is 9.22. The molecular formula is C24H28N4O5. The van der Waals surface area contributed by atoms with Gasteiger partial charge in [-0.3, -0.25) is 0 Å². The maximum Gasteiger partial charge on any atom is 0.226 e. The molecule has 1 aliphatic heterocycles. The second-order valence-electron chi connectivity index (χ2n) is 7.45. The molecule has 0 unspecified atom stereocenters. The molecule has 1 atom stereocenters. The first-order valence-corrected chi connectivity index (χ1v) is 10.6. The molecule has 0 aliphatic carbocycles. The van der Waals surface area contributed by atoms with Crippen molar-refractivity contribution in [2.45, 2.75) is 18.9 Å². The van der Waals surface area contributed by atoms with E-state index in [2.05, 4.69) is 16.4 Å². The SMILES string of the molecule is COc1ccc([C@@H]2C=C(c3ccc(OC)c(OC)c3)Nc3nc(CCCO)nn32)c(OC)c1. The van der Waals surface area contributed by atoms with Crippen LogP contribution < -0.4 is 24.3 Å². The van der Waals surface area contributed by atoms with Crippen LogP contribution in [0, 0.1) is 0 Å². The van der Waals surface area contributed by atoms with Gasteiger partial charge in [-0.1, -0.05) is 0 Å². The Morgan fingerprint density at radius 1 is 0.939 bits per heavy atom. The molecule has 1 aliphatic rings. The van der Waals surface area contributed by atoms with Gasteiger partial charge in [0, 0.05) is 35.9 Å². The Balaban J connectivity index is 1.82. The number of ether oxygens (including phenoxy) is 4. The van der Waals surface area contributed by atoms with E-state index in [1.165, 1.54) is 0 Å². The molecule has 9 heteroatoms. The van der Waals surface area contributed by atoms with Crippen molar-refractivity contribution in [3.05, 3.63) is 59.4 Å². The van der Waals surface area contributed by atoms with Crippen molar-refractivity contribution in [1.29, 1.82) is 0 Å². The Kier molecular flexibility index (Phi) is 6.69. The van der Waals surface area contributed by atoms with E-state index >= 15 is 0 Å². The van der Waals surface area contributed by atoms with Crippen LogP contribution >= 0.6 is 0 Å². The van der Waals surface area contributed by atoms with Crippen LogP contribution in [0.5, 0.6) is 23.0 Å². The number of nitrogens with zero attached hydrogens (tertiary/aromatic N) is 3. The van der Waals surface area contributed by atoms with Gasteiger partial charge in [-0.15, -0.1) is 0 Å². The monoisotopic (exact) mass is 452 g/mol. The van der Waals surface area contributed by atoms with E-state index in [4.69, 9.17) is 24.0 Å². The fraction of sp³-hybridized carbons (Fsp3) is 0.333. The topological polar surface area (TPSA) is 99.9 Å². The predicted molar refractivity (Wildman–Crippen MR) is 124 cm³/mol. The van der Waals surface area contributed by atoms with Crippen molar-refractivity contribution in [1.82, 2.24) is 14.8 Å². The predicted octanol–water partition coefficient (Wildman–Crippen LogP) is 3.29. The summed E-state index contributed by atoms with van der Waals surface area (Å²) in [6.07, 6.45) is 3.25. The number of allylic oxidation sites excluding steroid dienone is 1. The fourth-order valence-electron chi connectivity index (χ4n) is 3.84. The zero-order valence-corrected chi connectivity index (χ0v) is 19.2. The Morgan fingerprint density at radius 2 is 1.73 bits per heavy atom. The first kappa shape index (κ1) is 22.5. The fourth-order valence-corrected chi connectivity index (χ4v) is 3.84. The molecule has 0 spiro atoms. The first-order valence-electron chi connectivity index (χ1n) is 10.6. The average molecular weight is 453 g/mol. The summed E-state index contributed by atoms with van der Waals surface area (Å²) in [7, 11) is 6.47. The van der Waals surface area contributed by atoms with Crippen molar-refractivity contribution in [3.63, 3.8) is 0 Å². The van der Waals surface area contributed by atoms with Gasteiger partial charge in [0.2, 0.25) is 5.95 Å². The summed E-state index contributed by atoms with van der Waals surface area (Å²) in [5, 5.41) is 17.3. The number of aliphatic hydroxyl groups is 1. The number of methoxy groups -OCH3 is 4. The first-order chi connectivity index (χ1) is 16.1. The molecule has 0 saturated heterocycles. The molecule has 9 nitrogen and oxygen atoms in total. The van der Waals surface area contributed by atoms with Crippen molar-refractivity contribution >= 4 is 11.6 Å². The van der Waals surface area contributed by atoms with Crippen molar-refractivity contribution in [2.75, 3.05) is 40.4 Å². The van der Waals surface area contributed by atoms with Gasteiger partial charge in [-0.2, -0.15) is 10.1 Å². The standard InChI is InChI=1S/C24H28N4O5/c1-30-16-8-9-17(21(13-16)32-3)19-14-18(15-7-10-20(31-2)22(12-15)33-4)25-24-26-23(6-5-11-29)27-28(19)24/h7-10,12-14,19,29H,5-6,11H2,1-4H3,(H,25,26,27)/t19-/m0/s1. The normalized spacial score (nSPS) is 14.7. The number of fused-ring (bicyclic) bond motifs is 1. The molecule has 3 aromatic rings. The number of hydrogen-bond donors (Lipinski definition) is 2. The second-order valence-corrected chi connectivity index (χ2v) is 7.45. The van der Waals surface area contributed by atoms with E-state index in [0.29, 0.717) is 47.6 Å². The van der Waals surface area contributed by atoms with Crippen LogP contribution in [-0.4, -0.2) is 54.9 Å². The van der Waals surface area contributed by atoms with Gasteiger partial charge >= 0.3 is 0 Å². The van der Waals surface area contributed by atoms with E-state index in [0.717, 1.165) is 16.8 Å². The highest BCUT2D eigenvalue weighted by atomic mass is 16.5. The third-order valence-electron chi connectivity index (χ3n) is 5.52. The Morgan fingerprint density at radius 3 is 2.42 bits per heavy atom. The highest BCUT2D eigenvalue weighted by Crippen LogP contribution is 2.39. The lowest BCUT2D eigenvalue weighted by atomic mass is 10.0. The highest BCUT2D eigenvalue weighted by molar-refractivity contribution is 5.78. The minimum absolute atomic E-state index is 0.0855. The molecule has 0 fully saturated rings. The van der Waals surface area contributed by atoms with Crippen LogP contribution in [0.25, 0.3) is 5.70 Å². The highest BCUT2D eigenvalue weighted by Gasteiger charge is 2.28. The Bertz CT molecular complexity index is 1160. The number of aryl methyl sites for hydroxylation is 1. The summed E-state index contributed by atoms with van der Waals surface area (Å²) in [5.74, 6) is 3.94. The molecule has 4 rings (SSSR count). The molecule has 2 N–H and O–H groups in total.